The van der Waals surface area contributed by atoms with E-state index in [1.54, 1.807) is 0 Å². The molecular formula is C15H26N2O3. The molecule has 5 heteroatoms. The second-order valence-electron chi connectivity index (χ2n) is 6.49. The summed E-state index contributed by atoms with van der Waals surface area (Å²) in [5, 5.41) is 12.4. The Bertz CT molecular complexity index is 372. The molecule has 20 heavy (non-hydrogen) atoms. The Morgan fingerprint density at radius 3 is 2.50 bits per heavy atom. The summed E-state index contributed by atoms with van der Waals surface area (Å²) in [6, 6.07) is -0.661. The number of carbonyl (C=O) groups is 2. The molecule has 1 heterocycles. The quantitative estimate of drug-likeness (QED) is 0.817. The Morgan fingerprint density at radius 1 is 1.15 bits per heavy atom. The Morgan fingerprint density at radius 2 is 1.85 bits per heavy atom. The summed E-state index contributed by atoms with van der Waals surface area (Å²) in [7, 11) is 0. The van der Waals surface area contributed by atoms with Crippen LogP contribution in [0.15, 0.2) is 0 Å². The number of carboxylic acids is 1. The van der Waals surface area contributed by atoms with E-state index in [0.29, 0.717) is 24.8 Å². The van der Waals surface area contributed by atoms with E-state index in [9.17, 15) is 14.7 Å². The number of urea groups is 1. The summed E-state index contributed by atoms with van der Waals surface area (Å²) < 4.78 is 0. The van der Waals surface area contributed by atoms with Crippen molar-refractivity contribution in [2.75, 3.05) is 6.54 Å². The zero-order chi connectivity index (χ0) is 14.7. The van der Waals surface area contributed by atoms with Gasteiger partial charge in [0.05, 0.1) is 0 Å². The van der Waals surface area contributed by atoms with Gasteiger partial charge in [0.15, 0.2) is 0 Å². The Kier molecular flexibility index (Phi) is 4.89. The molecule has 0 spiro atoms. The van der Waals surface area contributed by atoms with Crippen molar-refractivity contribution in [3.05, 3.63) is 0 Å². The molecule has 0 aromatic heterocycles. The zero-order valence-corrected chi connectivity index (χ0v) is 12.5. The number of nitrogens with zero attached hydrogens (tertiary/aromatic N) is 1. The summed E-state index contributed by atoms with van der Waals surface area (Å²) in [6.07, 6.45) is 5.97. The minimum atomic E-state index is -0.886. The average molecular weight is 282 g/mol. The molecule has 0 aromatic carbocycles. The van der Waals surface area contributed by atoms with Gasteiger partial charge in [-0.3, -0.25) is 0 Å². The van der Waals surface area contributed by atoms with E-state index < -0.39 is 12.0 Å². The largest absolute Gasteiger partial charge is 0.480 e. The number of rotatable bonds is 2. The highest BCUT2D eigenvalue weighted by atomic mass is 16.4. The van der Waals surface area contributed by atoms with E-state index >= 15 is 0 Å². The van der Waals surface area contributed by atoms with Crippen molar-refractivity contribution in [1.82, 2.24) is 10.2 Å². The SMILES string of the molecule is CC1CCN(C(=O)NC2CCCCC2C)C(C(=O)O)C1. The lowest BCUT2D eigenvalue weighted by molar-refractivity contribution is -0.143. The zero-order valence-electron chi connectivity index (χ0n) is 12.5. The van der Waals surface area contributed by atoms with E-state index in [-0.39, 0.29) is 12.1 Å². The second kappa shape index (κ2) is 6.46. The molecule has 1 saturated heterocycles. The van der Waals surface area contributed by atoms with Crippen LogP contribution >= 0.6 is 0 Å². The van der Waals surface area contributed by atoms with Gasteiger partial charge in [-0.15, -0.1) is 0 Å². The van der Waals surface area contributed by atoms with Crippen LogP contribution in [0.3, 0.4) is 0 Å². The van der Waals surface area contributed by atoms with Gasteiger partial charge in [0.25, 0.3) is 0 Å². The maximum absolute atomic E-state index is 12.4. The van der Waals surface area contributed by atoms with Crippen LogP contribution < -0.4 is 5.32 Å². The summed E-state index contributed by atoms with van der Waals surface area (Å²) in [4.78, 5) is 25.3. The molecule has 4 unspecified atom stereocenters. The van der Waals surface area contributed by atoms with Gasteiger partial charge in [0.1, 0.15) is 6.04 Å². The monoisotopic (exact) mass is 282 g/mol. The summed E-state index contributed by atoms with van der Waals surface area (Å²) >= 11 is 0. The van der Waals surface area contributed by atoms with E-state index in [0.717, 1.165) is 25.7 Å². The third kappa shape index (κ3) is 3.44. The first-order valence-electron chi connectivity index (χ1n) is 7.79. The minimum Gasteiger partial charge on any atom is -0.480 e. The first-order valence-corrected chi connectivity index (χ1v) is 7.79. The lowest BCUT2D eigenvalue weighted by Crippen LogP contribution is -2.56. The van der Waals surface area contributed by atoms with E-state index in [4.69, 9.17) is 0 Å². The molecule has 0 bridgehead atoms. The number of piperidine rings is 1. The molecule has 1 aliphatic carbocycles. The Labute approximate surface area is 120 Å². The molecule has 2 N–H and O–H groups in total. The fraction of sp³-hybridized carbons (Fsp3) is 0.867. The Hall–Kier alpha value is -1.26. The van der Waals surface area contributed by atoms with Crippen molar-refractivity contribution in [3.8, 4) is 0 Å². The van der Waals surface area contributed by atoms with Gasteiger partial charge in [0.2, 0.25) is 0 Å². The highest BCUT2D eigenvalue weighted by Crippen LogP contribution is 2.26. The number of hydrogen-bond acceptors (Lipinski definition) is 2. The Balaban J connectivity index is 1.97. The molecule has 4 atom stereocenters. The van der Waals surface area contributed by atoms with Crippen LogP contribution in [0, 0.1) is 11.8 Å². The van der Waals surface area contributed by atoms with Gasteiger partial charge >= 0.3 is 12.0 Å². The van der Waals surface area contributed by atoms with E-state index in [1.807, 2.05) is 6.92 Å². The number of aliphatic carboxylic acids is 1. The molecule has 1 aliphatic heterocycles. The van der Waals surface area contributed by atoms with Crippen LogP contribution in [-0.4, -0.2) is 40.6 Å². The molecule has 5 nitrogen and oxygen atoms in total. The van der Waals surface area contributed by atoms with Crippen molar-refractivity contribution in [2.24, 2.45) is 11.8 Å². The highest BCUT2D eigenvalue weighted by molar-refractivity contribution is 5.83. The topological polar surface area (TPSA) is 69.6 Å². The second-order valence-corrected chi connectivity index (χ2v) is 6.49. The van der Waals surface area contributed by atoms with Crippen LogP contribution in [0.25, 0.3) is 0 Å². The first-order chi connectivity index (χ1) is 9.49. The van der Waals surface area contributed by atoms with E-state index in [2.05, 4.69) is 12.2 Å². The van der Waals surface area contributed by atoms with Crippen LogP contribution in [0.5, 0.6) is 0 Å². The third-order valence-corrected chi connectivity index (χ3v) is 4.83. The van der Waals surface area contributed by atoms with Crippen molar-refractivity contribution in [3.63, 3.8) is 0 Å². The normalized spacial score (nSPS) is 34.6. The lowest BCUT2D eigenvalue weighted by atomic mass is 9.86. The van der Waals surface area contributed by atoms with Gasteiger partial charge in [0, 0.05) is 12.6 Å². The van der Waals surface area contributed by atoms with Crippen LogP contribution in [0.4, 0.5) is 4.79 Å². The molecule has 2 aliphatic rings. The maximum Gasteiger partial charge on any atom is 0.326 e. The summed E-state index contributed by atoms with van der Waals surface area (Å²) in [5.41, 5.74) is 0. The number of amides is 2. The molecular weight excluding hydrogens is 256 g/mol. The van der Waals surface area contributed by atoms with Crippen molar-refractivity contribution < 1.29 is 14.7 Å². The number of likely N-dealkylation sites (tertiary alicyclic amines) is 1. The standard InChI is InChI=1S/C15H26N2O3/c1-10-7-8-17(13(9-10)14(18)19)15(20)16-12-6-4-3-5-11(12)2/h10-13H,3-9H2,1-2H3,(H,16,20)(H,18,19). The highest BCUT2D eigenvalue weighted by Gasteiger charge is 2.36. The molecule has 114 valence electrons. The number of carboxylic acid groups (broad SMARTS) is 1. The number of carbonyl (C=O) groups excluding carboxylic acids is 1. The number of nitrogens with one attached hydrogen (secondary N) is 1. The van der Waals surface area contributed by atoms with Crippen LogP contribution in [-0.2, 0) is 4.79 Å². The van der Waals surface area contributed by atoms with Crippen LogP contribution in [0.1, 0.15) is 52.4 Å². The van der Waals surface area contributed by atoms with Gasteiger partial charge in [-0.25, -0.2) is 9.59 Å². The molecule has 1 saturated carbocycles. The average Bonchev–Trinajstić information content (AvgIpc) is 2.41. The molecule has 2 fully saturated rings. The first kappa shape index (κ1) is 15.1. The molecule has 0 radical (unpaired) electrons. The van der Waals surface area contributed by atoms with Crippen molar-refractivity contribution in [2.45, 2.75) is 64.5 Å². The maximum atomic E-state index is 12.4. The summed E-state index contributed by atoms with van der Waals surface area (Å²) in [6.45, 7) is 4.76. The summed E-state index contributed by atoms with van der Waals surface area (Å²) in [5.74, 6) is -0.0307. The smallest absolute Gasteiger partial charge is 0.326 e. The van der Waals surface area contributed by atoms with Crippen LogP contribution in [0.2, 0.25) is 0 Å². The van der Waals surface area contributed by atoms with Gasteiger partial charge in [-0.05, 0) is 37.5 Å². The fourth-order valence-corrected chi connectivity index (χ4v) is 3.39. The van der Waals surface area contributed by atoms with Crippen molar-refractivity contribution >= 4 is 12.0 Å². The van der Waals surface area contributed by atoms with E-state index in [1.165, 1.54) is 11.3 Å². The fourth-order valence-electron chi connectivity index (χ4n) is 3.39. The number of hydrogen-bond donors (Lipinski definition) is 2. The minimum absolute atomic E-state index is 0.192. The van der Waals surface area contributed by atoms with Gasteiger partial charge < -0.3 is 15.3 Å². The molecule has 2 rings (SSSR count). The third-order valence-electron chi connectivity index (χ3n) is 4.83. The predicted octanol–water partition coefficient (Wildman–Crippen LogP) is 2.46. The lowest BCUT2D eigenvalue weighted by Gasteiger charge is -2.38. The molecule has 2 amide bonds. The van der Waals surface area contributed by atoms with Gasteiger partial charge in [-0.2, -0.15) is 0 Å². The molecule has 0 aromatic rings. The van der Waals surface area contributed by atoms with Gasteiger partial charge in [-0.1, -0.05) is 26.7 Å². The predicted molar refractivity (Wildman–Crippen MR) is 76.5 cm³/mol. The van der Waals surface area contributed by atoms with Crippen molar-refractivity contribution in [1.29, 1.82) is 0 Å².